The van der Waals surface area contributed by atoms with Crippen molar-refractivity contribution in [2.24, 2.45) is 10.9 Å². The van der Waals surface area contributed by atoms with Gasteiger partial charge in [0, 0.05) is 44.4 Å². The van der Waals surface area contributed by atoms with Gasteiger partial charge in [-0.2, -0.15) is 0 Å². The fraction of sp³-hybridized carbons (Fsp3) is 0.947. The van der Waals surface area contributed by atoms with Gasteiger partial charge < -0.3 is 15.4 Å². The van der Waals surface area contributed by atoms with Crippen LogP contribution in [-0.2, 0) is 4.74 Å². The van der Waals surface area contributed by atoms with Crippen LogP contribution in [0.15, 0.2) is 4.99 Å². The minimum absolute atomic E-state index is 0.304. The Hall–Kier alpha value is -0.810. The van der Waals surface area contributed by atoms with Crippen molar-refractivity contribution in [3.05, 3.63) is 0 Å². The van der Waals surface area contributed by atoms with E-state index in [-0.39, 0.29) is 0 Å². The first-order chi connectivity index (χ1) is 11.5. The second kappa shape index (κ2) is 9.62. The van der Waals surface area contributed by atoms with E-state index >= 15 is 0 Å². The lowest BCUT2D eigenvalue weighted by atomic mass is 10.0. The highest BCUT2D eigenvalue weighted by Gasteiger charge is 2.38. The molecule has 2 rings (SSSR count). The van der Waals surface area contributed by atoms with E-state index < -0.39 is 0 Å². The molecule has 1 heterocycles. The third-order valence-electron chi connectivity index (χ3n) is 5.13. The van der Waals surface area contributed by atoms with E-state index in [1.165, 1.54) is 19.3 Å². The highest BCUT2D eigenvalue weighted by molar-refractivity contribution is 5.80. The molecule has 5 heteroatoms. The zero-order valence-corrected chi connectivity index (χ0v) is 16.3. The average Bonchev–Trinajstić information content (AvgIpc) is 3.30. The summed E-state index contributed by atoms with van der Waals surface area (Å²) in [5.41, 5.74) is 0. The maximum absolute atomic E-state index is 5.82. The lowest BCUT2D eigenvalue weighted by Gasteiger charge is -2.21. The first-order valence-corrected chi connectivity index (χ1v) is 9.97. The van der Waals surface area contributed by atoms with Gasteiger partial charge in [-0.3, -0.25) is 9.89 Å². The van der Waals surface area contributed by atoms with E-state index in [0.717, 1.165) is 44.7 Å². The van der Waals surface area contributed by atoms with E-state index in [1.807, 2.05) is 0 Å². The first-order valence-electron chi connectivity index (χ1n) is 9.97. The second-order valence-electron chi connectivity index (χ2n) is 7.64. The first kappa shape index (κ1) is 19.5. The molecule has 3 atom stereocenters. The lowest BCUT2D eigenvalue weighted by Crippen LogP contribution is -2.45. The van der Waals surface area contributed by atoms with Crippen LogP contribution in [0.25, 0.3) is 0 Å². The van der Waals surface area contributed by atoms with Gasteiger partial charge >= 0.3 is 0 Å². The summed E-state index contributed by atoms with van der Waals surface area (Å²) in [6.07, 6.45) is 5.28. The van der Waals surface area contributed by atoms with Crippen molar-refractivity contribution >= 4 is 5.96 Å². The molecule has 0 spiro atoms. The van der Waals surface area contributed by atoms with Gasteiger partial charge in [-0.25, -0.2) is 0 Å². The molecule has 5 nitrogen and oxygen atoms in total. The van der Waals surface area contributed by atoms with Gasteiger partial charge in [0.25, 0.3) is 0 Å². The topological polar surface area (TPSA) is 48.9 Å². The smallest absolute Gasteiger partial charge is 0.191 e. The van der Waals surface area contributed by atoms with Crippen molar-refractivity contribution in [1.29, 1.82) is 0 Å². The van der Waals surface area contributed by atoms with Crippen molar-refractivity contribution in [2.45, 2.75) is 84.5 Å². The molecular formula is C19H38N4O. The normalized spacial score (nSPS) is 26.8. The molecule has 24 heavy (non-hydrogen) atoms. The summed E-state index contributed by atoms with van der Waals surface area (Å²) in [5.74, 6) is 1.50. The minimum Gasteiger partial charge on any atom is -0.378 e. The number of nitrogens with zero attached hydrogens (tertiary/aromatic N) is 2. The molecule has 1 aliphatic heterocycles. The third kappa shape index (κ3) is 5.92. The Labute approximate surface area is 148 Å². The molecule has 0 amide bonds. The van der Waals surface area contributed by atoms with Gasteiger partial charge in [0.05, 0.1) is 6.10 Å². The Bertz CT molecular complexity index is 395. The number of nitrogens with one attached hydrogen (secondary N) is 2. The summed E-state index contributed by atoms with van der Waals surface area (Å²) in [5, 5.41) is 7.05. The minimum atomic E-state index is 0.304. The Kier molecular flexibility index (Phi) is 7.82. The molecule has 1 saturated carbocycles. The summed E-state index contributed by atoms with van der Waals surface area (Å²) in [6, 6.07) is 2.07. The molecule has 2 N–H and O–H groups in total. The van der Waals surface area contributed by atoms with Crippen molar-refractivity contribution in [2.75, 3.05) is 26.2 Å². The van der Waals surface area contributed by atoms with Crippen LogP contribution in [0.5, 0.6) is 0 Å². The largest absolute Gasteiger partial charge is 0.378 e. The number of guanidine groups is 1. The van der Waals surface area contributed by atoms with Gasteiger partial charge in [0.15, 0.2) is 5.96 Å². The molecule has 0 bridgehead atoms. The number of hydrogen-bond acceptors (Lipinski definition) is 3. The quantitative estimate of drug-likeness (QED) is 0.501. The third-order valence-corrected chi connectivity index (χ3v) is 5.13. The van der Waals surface area contributed by atoms with Crippen LogP contribution in [0.4, 0.5) is 0 Å². The van der Waals surface area contributed by atoms with Crippen LogP contribution in [0.3, 0.4) is 0 Å². The molecule has 140 valence electrons. The van der Waals surface area contributed by atoms with Crippen molar-refractivity contribution in [1.82, 2.24) is 15.5 Å². The number of rotatable bonds is 9. The number of likely N-dealkylation sites (tertiary alicyclic amines) is 1. The van der Waals surface area contributed by atoms with E-state index in [0.29, 0.717) is 24.1 Å². The predicted molar refractivity (Wildman–Crippen MR) is 102 cm³/mol. The molecular weight excluding hydrogens is 300 g/mol. The van der Waals surface area contributed by atoms with Crippen LogP contribution in [-0.4, -0.2) is 61.3 Å². The molecule has 2 fully saturated rings. The van der Waals surface area contributed by atoms with Gasteiger partial charge in [0.1, 0.15) is 0 Å². The Morgan fingerprint density at radius 3 is 2.62 bits per heavy atom. The summed E-state index contributed by atoms with van der Waals surface area (Å²) in [7, 11) is 0. The fourth-order valence-electron chi connectivity index (χ4n) is 3.72. The number of ether oxygens (including phenoxy) is 1. The van der Waals surface area contributed by atoms with E-state index in [9.17, 15) is 0 Å². The standard InChI is InChI=1S/C19H38N4O/c1-6-20-19(21-11-10-18(14(3)4)24-7-2)22-16-12-15(5)23(13-16)17-8-9-17/h14-18H,6-13H2,1-5H3,(H2,20,21,22). The molecule has 0 aromatic rings. The Balaban J connectivity index is 1.82. The van der Waals surface area contributed by atoms with Crippen LogP contribution < -0.4 is 10.6 Å². The van der Waals surface area contributed by atoms with Crippen molar-refractivity contribution in [3.8, 4) is 0 Å². The molecule has 0 aromatic heterocycles. The van der Waals surface area contributed by atoms with Crippen molar-refractivity contribution in [3.63, 3.8) is 0 Å². The number of aliphatic imine (C=N–C) groups is 1. The fourth-order valence-corrected chi connectivity index (χ4v) is 3.72. The molecule has 0 aromatic carbocycles. The van der Waals surface area contributed by atoms with E-state index in [1.54, 1.807) is 0 Å². The SMILES string of the molecule is CCNC(=NCCC(OCC)C(C)C)NC1CC(C)N(C2CC2)C1. The summed E-state index contributed by atoms with van der Waals surface area (Å²) in [4.78, 5) is 7.46. The van der Waals surface area contributed by atoms with Crippen LogP contribution in [0.1, 0.15) is 60.3 Å². The predicted octanol–water partition coefficient (Wildman–Crippen LogP) is 2.62. The average molecular weight is 339 g/mol. The Morgan fingerprint density at radius 1 is 1.29 bits per heavy atom. The zero-order valence-electron chi connectivity index (χ0n) is 16.3. The highest BCUT2D eigenvalue weighted by atomic mass is 16.5. The summed E-state index contributed by atoms with van der Waals surface area (Å²) >= 11 is 0. The zero-order chi connectivity index (χ0) is 17.5. The maximum Gasteiger partial charge on any atom is 0.191 e. The molecule has 1 aliphatic carbocycles. The van der Waals surface area contributed by atoms with Gasteiger partial charge in [-0.05, 0) is 52.4 Å². The van der Waals surface area contributed by atoms with Crippen molar-refractivity contribution < 1.29 is 4.74 Å². The van der Waals surface area contributed by atoms with E-state index in [4.69, 9.17) is 9.73 Å². The van der Waals surface area contributed by atoms with E-state index in [2.05, 4.69) is 50.2 Å². The molecule has 0 radical (unpaired) electrons. The second-order valence-corrected chi connectivity index (χ2v) is 7.64. The monoisotopic (exact) mass is 338 g/mol. The molecule has 2 aliphatic rings. The highest BCUT2D eigenvalue weighted by Crippen LogP contribution is 2.33. The van der Waals surface area contributed by atoms with Crippen LogP contribution in [0.2, 0.25) is 0 Å². The summed E-state index contributed by atoms with van der Waals surface area (Å²) in [6.45, 7) is 14.6. The van der Waals surface area contributed by atoms with Gasteiger partial charge in [-0.1, -0.05) is 13.8 Å². The van der Waals surface area contributed by atoms with Crippen LogP contribution >= 0.6 is 0 Å². The molecule has 3 unspecified atom stereocenters. The Morgan fingerprint density at radius 2 is 2.04 bits per heavy atom. The van der Waals surface area contributed by atoms with Crippen LogP contribution in [0, 0.1) is 5.92 Å². The van der Waals surface area contributed by atoms with Gasteiger partial charge in [0.2, 0.25) is 0 Å². The maximum atomic E-state index is 5.82. The lowest BCUT2D eigenvalue weighted by molar-refractivity contribution is 0.0266. The molecule has 1 saturated heterocycles. The van der Waals surface area contributed by atoms with Gasteiger partial charge in [-0.15, -0.1) is 0 Å². The number of hydrogen-bond donors (Lipinski definition) is 2. The summed E-state index contributed by atoms with van der Waals surface area (Å²) < 4.78 is 5.82.